The fourth-order valence-electron chi connectivity index (χ4n) is 1.86. The first-order valence-electron chi connectivity index (χ1n) is 6.56. The summed E-state index contributed by atoms with van der Waals surface area (Å²) in [6, 6.07) is 8.10. The van der Waals surface area contributed by atoms with Crippen molar-refractivity contribution >= 4 is 39.0 Å². The molecular weight excluding hydrogens is 336 g/mol. The van der Waals surface area contributed by atoms with Gasteiger partial charge in [0.05, 0.1) is 7.11 Å². The number of nitrogens with two attached hydrogens (primary N) is 1. The van der Waals surface area contributed by atoms with Gasteiger partial charge in [0.15, 0.2) is 0 Å². The predicted octanol–water partition coefficient (Wildman–Crippen LogP) is 2.36. The number of methoxy groups -OCH3 is 1. The summed E-state index contributed by atoms with van der Waals surface area (Å²) in [6.07, 6.45) is 3.07. The third-order valence-corrected chi connectivity index (χ3v) is 4.80. The van der Waals surface area contributed by atoms with Crippen molar-refractivity contribution in [2.24, 2.45) is 5.14 Å². The van der Waals surface area contributed by atoms with Gasteiger partial charge in [-0.3, -0.25) is 4.79 Å². The molecule has 23 heavy (non-hydrogen) atoms. The number of primary sulfonamides is 1. The third-order valence-electron chi connectivity index (χ3n) is 2.90. The standard InChI is InChI=1S/C15H16N2O4S2/c1-10-3-5-12(22-10)6-8-15(18)17-11-4-7-13(21-2)14(9-11)23(16,19)20/h3-9H,1-2H3,(H,17,18)(H2,16,19,20)/b8-6+. The summed E-state index contributed by atoms with van der Waals surface area (Å²) in [5.41, 5.74) is 0.312. The Hall–Kier alpha value is -2.16. The molecule has 0 bridgehead atoms. The molecule has 0 aliphatic carbocycles. The van der Waals surface area contributed by atoms with Crippen LogP contribution in [0.15, 0.2) is 41.3 Å². The Bertz CT molecular complexity index is 854. The molecule has 6 nitrogen and oxygen atoms in total. The molecule has 122 valence electrons. The van der Waals surface area contributed by atoms with E-state index in [0.717, 1.165) is 9.75 Å². The van der Waals surface area contributed by atoms with E-state index in [1.165, 1.54) is 31.4 Å². The number of carbonyl (C=O) groups is 1. The lowest BCUT2D eigenvalue weighted by Gasteiger charge is -2.09. The minimum absolute atomic E-state index is 0.120. The van der Waals surface area contributed by atoms with Gasteiger partial charge in [0.1, 0.15) is 10.6 Å². The Morgan fingerprint density at radius 2 is 2.04 bits per heavy atom. The maximum Gasteiger partial charge on any atom is 0.248 e. The largest absolute Gasteiger partial charge is 0.495 e. The van der Waals surface area contributed by atoms with Crippen LogP contribution >= 0.6 is 11.3 Å². The Morgan fingerprint density at radius 3 is 2.61 bits per heavy atom. The fourth-order valence-corrected chi connectivity index (χ4v) is 3.36. The van der Waals surface area contributed by atoms with Gasteiger partial charge in [-0.1, -0.05) is 0 Å². The number of carbonyl (C=O) groups excluding carboxylic acids is 1. The monoisotopic (exact) mass is 352 g/mol. The van der Waals surface area contributed by atoms with E-state index in [9.17, 15) is 13.2 Å². The number of anilines is 1. The smallest absolute Gasteiger partial charge is 0.248 e. The van der Waals surface area contributed by atoms with Gasteiger partial charge in [-0.15, -0.1) is 11.3 Å². The number of benzene rings is 1. The molecule has 0 fully saturated rings. The van der Waals surface area contributed by atoms with Gasteiger partial charge in [-0.25, -0.2) is 13.6 Å². The summed E-state index contributed by atoms with van der Waals surface area (Å²) >= 11 is 1.57. The minimum Gasteiger partial charge on any atom is -0.495 e. The molecule has 0 atom stereocenters. The van der Waals surface area contributed by atoms with E-state index < -0.39 is 10.0 Å². The van der Waals surface area contributed by atoms with Crippen LogP contribution in [0.3, 0.4) is 0 Å². The molecule has 1 aromatic carbocycles. The highest BCUT2D eigenvalue weighted by molar-refractivity contribution is 7.89. The van der Waals surface area contributed by atoms with E-state index >= 15 is 0 Å². The van der Waals surface area contributed by atoms with E-state index in [0.29, 0.717) is 5.69 Å². The van der Waals surface area contributed by atoms with Crippen molar-refractivity contribution in [3.63, 3.8) is 0 Å². The highest BCUT2D eigenvalue weighted by Crippen LogP contribution is 2.26. The highest BCUT2D eigenvalue weighted by atomic mass is 32.2. The second-order valence-corrected chi connectivity index (χ2v) is 7.53. The third kappa shape index (κ3) is 4.65. The van der Waals surface area contributed by atoms with Crippen LogP contribution in [0.4, 0.5) is 5.69 Å². The molecule has 0 aliphatic heterocycles. The van der Waals surface area contributed by atoms with Crippen molar-refractivity contribution in [2.75, 3.05) is 12.4 Å². The van der Waals surface area contributed by atoms with E-state index in [-0.39, 0.29) is 16.6 Å². The summed E-state index contributed by atoms with van der Waals surface area (Å²) in [5.74, 6) is -0.253. The molecule has 3 N–H and O–H groups in total. The molecule has 0 saturated carbocycles. The van der Waals surface area contributed by atoms with Gasteiger partial charge in [0.2, 0.25) is 15.9 Å². The van der Waals surface area contributed by atoms with Crippen molar-refractivity contribution in [1.29, 1.82) is 0 Å². The van der Waals surface area contributed by atoms with Crippen LogP contribution in [0.5, 0.6) is 5.75 Å². The Balaban J connectivity index is 2.16. The molecule has 2 aromatic rings. The van der Waals surface area contributed by atoms with Gasteiger partial charge in [0.25, 0.3) is 0 Å². The Labute approximate surface area is 138 Å². The molecule has 2 rings (SSSR count). The van der Waals surface area contributed by atoms with Crippen LogP contribution in [-0.4, -0.2) is 21.4 Å². The van der Waals surface area contributed by atoms with Crippen LogP contribution in [0.1, 0.15) is 9.75 Å². The topological polar surface area (TPSA) is 98.5 Å². The Kier molecular flexibility index (Phi) is 5.19. The number of hydrogen-bond acceptors (Lipinski definition) is 5. The van der Waals surface area contributed by atoms with E-state index in [1.807, 2.05) is 19.1 Å². The molecule has 1 amide bonds. The first kappa shape index (κ1) is 17.2. The number of hydrogen-bond donors (Lipinski definition) is 2. The molecule has 1 heterocycles. The first-order valence-corrected chi connectivity index (χ1v) is 8.92. The predicted molar refractivity (Wildman–Crippen MR) is 91.1 cm³/mol. The Morgan fingerprint density at radius 1 is 1.30 bits per heavy atom. The van der Waals surface area contributed by atoms with Crippen LogP contribution in [0.2, 0.25) is 0 Å². The van der Waals surface area contributed by atoms with Crippen LogP contribution < -0.4 is 15.2 Å². The number of rotatable bonds is 5. The molecule has 1 aromatic heterocycles. The molecule has 8 heteroatoms. The average molecular weight is 352 g/mol. The fraction of sp³-hybridized carbons (Fsp3) is 0.133. The maximum absolute atomic E-state index is 11.9. The van der Waals surface area contributed by atoms with Crippen LogP contribution in [0, 0.1) is 6.92 Å². The van der Waals surface area contributed by atoms with Crippen LogP contribution in [0.25, 0.3) is 6.08 Å². The molecule has 0 spiro atoms. The second-order valence-electron chi connectivity index (χ2n) is 4.68. The van der Waals surface area contributed by atoms with Crippen molar-refractivity contribution in [3.8, 4) is 5.75 Å². The number of thiophene rings is 1. The molecular formula is C15H16N2O4S2. The van der Waals surface area contributed by atoms with Crippen molar-refractivity contribution in [2.45, 2.75) is 11.8 Å². The van der Waals surface area contributed by atoms with Crippen LogP contribution in [-0.2, 0) is 14.8 Å². The van der Waals surface area contributed by atoms with Gasteiger partial charge >= 0.3 is 0 Å². The SMILES string of the molecule is COc1ccc(NC(=O)/C=C/c2ccc(C)s2)cc1S(N)(=O)=O. The second kappa shape index (κ2) is 6.95. The number of amides is 1. The van der Waals surface area contributed by atoms with Gasteiger partial charge in [0, 0.05) is 21.5 Å². The summed E-state index contributed by atoms with van der Waals surface area (Å²) in [4.78, 5) is 13.8. The lowest BCUT2D eigenvalue weighted by Crippen LogP contribution is -2.15. The van der Waals surface area contributed by atoms with Crippen molar-refractivity contribution in [1.82, 2.24) is 0 Å². The molecule has 0 saturated heterocycles. The quantitative estimate of drug-likeness (QED) is 0.807. The number of ether oxygens (including phenoxy) is 1. The van der Waals surface area contributed by atoms with E-state index in [4.69, 9.17) is 9.88 Å². The lowest BCUT2D eigenvalue weighted by atomic mass is 10.3. The first-order chi connectivity index (χ1) is 10.8. The normalized spacial score (nSPS) is 11.6. The van der Waals surface area contributed by atoms with Crippen molar-refractivity contribution in [3.05, 3.63) is 46.2 Å². The average Bonchev–Trinajstić information content (AvgIpc) is 2.90. The zero-order valence-electron chi connectivity index (χ0n) is 12.6. The van der Waals surface area contributed by atoms with Gasteiger partial charge in [-0.2, -0.15) is 0 Å². The number of sulfonamides is 1. The summed E-state index contributed by atoms with van der Waals surface area (Å²) in [6.45, 7) is 1.98. The zero-order valence-corrected chi connectivity index (χ0v) is 14.2. The number of aryl methyl sites for hydroxylation is 1. The number of nitrogens with one attached hydrogen (secondary N) is 1. The zero-order chi connectivity index (χ0) is 17.0. The van der Waals surface area contributed by atoms with Gasteiger partial charge in [-0.05, 0) is 43.3 Å². The minimum atomic E-state index is -3.95. The summed E-state index contributed by atoms with van der Waals surface area (Å²) < 4.78 is 28.0. The maximum atomic E-state index is 11.9. The van der Waals surface area contributed by atoms with E-state index in [2.05, 4.69) is 5.32 Å². The van der Waals surface area contributed by atoms with E-state index in [1.54, 1.807) is 17.4 Å². The summed E-state index contributed by atoms with van der Waals surface area (Å²) in [7, 11) is -2.61. The molecule has 0 unspecified atom stereocenters. The lowest BCUT2D eigenvalue weighted by molar-refractivity contribution is -0.111. The van der Waals surface area contributed by atoms with Crippen molar-refractivity contribution < 1.29 is 17.9 Å². The van der Waals surface area contributed by atoms with Gasteiger partial charge < -0.3 is 10.1 Å². The molecule has 0 aliphatic rings. The molecule has 0 radical (unpaired) electrons. The summed E-state index contributed by atoms with van der Waals surface area (Å²) in [5, 5.41) is 7.72. The highest BCUT2D eigenvalue weighted by Gasteiger charge is 2.16.